The summed E-state index contributed by atoms with van der Waals surface area (Å²) in [5.41, 5.74) is 10.2. The number of hydrazine groups is 1. The van der Waals surface area contributed by atoms with E-state index >= 15 is 0 Å². The molecule has 3 unspecified atom stereocenters. The Morgan fingerprint density at radius 1 is 0.971 bits per heavy atom. The van der Waals surface area contributed by atoms with Crippen molar-refractivity contribution in [2.75, 3.05) is 6.61 Å². The number of nitrogens with one attached hydrogen (secondary N) is 4. The number of carbonyl (C=O) groups is 5. The van der Waals surface area contributed by atoms with Crippen molar-refractivity contribution in [3.8, 4) is 0 Å². The van der Waals surface area contributed by atoms with Gasteiger partial charge in [-0.15, -0.1) is 0 Å². The average Bonchev–Trinajstić information content (AvgIpc) is 2.82. The van der Waals surface area contributed by atoms with Gasteiger partial charge in [0.1, 0.15) is 12.6 Å². The van der Waals surface area contributed by atoms with Gasteiger partial charge in [0.05, 0.1) is 12.5 Å². The Hall–Kier alpha value is -3.67. The van der Waals surface area contributed by atoms with Gasteiger partial charge in [0.2, 0.25) is 11.8 Å². The largest absolute Gasteiger partial charge is 0.459 e. The van der Waals surface area contributed by atoms with Crippen molar-refractivity contribution in [3.05, 3.63) is 35.9 Å². The molecule has 6 N–H and O–H groups in total. The van der Waals surface area contributed by atoms with Crippen LogP contribution in [0.3, 0.4) is 0 Å². The van der Waals surface area contributed by atoms with Gasteiger partial charge in [0, 0.05) is 13.0 Å². The highest BCUT2D eigenvalue weighted by Crippen LogP contribution is 2.08. The first kappa shape index (κ1) is 29.4. The van der Waals surface area contributed by atoms with Gasteiger partial charge in [-0.2, -0.15) is 0 Å². The van der Waals surface area contributed by atoms with Crippen LogP contribution in [0.5, 0.6) is 0 Å². The fourth-order valence-electron chi connectivity index (χ4n) is 2.69. The van der Waals surface area contributed by atoms with Gasteiger partial charge in [-0.3, -0.25) is 25.2 Å². The molecule has 12 nitrogen and oxygen atoms in total. The van der Waals surface area contributed by atoms with Crippen molar-refractivity contribution in [2.24, 2.45) is 11.7 Å². The third-order valence-corrected chi connectivity index (χ3v) is 4.60. The Kier molecular flexibility index (Phi) is 12.8. The van der Waals surface area contributed by atoms with Crippen LogP contribution in [0.25, 0.3) is 0 Å². The number of nitrogens with two attached hydrogens (primary N) is 1. The van der Waals surface area contributed by atoms with Gasteiger partial charge in [-0.1, -0.05) is 51.1 Å². The van der Waals surface area contributed by atoms with E-state index in [9.17, 15) is 24.0 Å². The second kappa shape index (κ2) is 15.3. The first-order valence-electron chi connectivity index (χ1n) is 11.3. The maximum absolute atomic E-state index is 12.8. The average molecular weight is 494 g/mol. The molecule has 1 aromatic rings. The van der Waals surface area contributed by atoms with Crippen molar-refractivity contribution < 1.29 is 33.4 Å². The number of urea groups is 1. The third kappa shape index (κ3) is 11.8. The first-order valence-corrected chi connectivity index (χ1v) is 11.3. The molecule has 194 valence electrons. The van der Waals surface area contributed by atoms with E-state index in [1.807, 2.05) is 19.9 Å². The number of primary amides is 1. The summed E-state index contributed by atoms with van der Waals surface area (Å²) in [5, 5.41) is 4.73. The monoisotopic (exact) mass is 493 g/mol. The Balaban J connectivity index is 2.89. The number of ether oxygens (including phenoxy) is 2. The second-order valence-corrected chi connectivity index (χ2v) is 8.24. The third-order valence-electron chi connectivity index (χ3n) is 4.60. The molecule has 0 aliphatic carbocycles. The number of carbonyl (C=O) groups excluding carboxylic acids is 5. The Bertz CT molecular complexity index is 863. The van der Waals surface area contributed by atoms with Gasteiger partial charge in [-0.25, -0.2) is 9.59 Å². The van der Waals surface area contributed by atoms with Crippen molar-refractivity contribution in [1.29, 1.82) is 0 Å². The highest BCUT2D eigenvalue weighted by molar-refractivity contribution is 5.93. The molecule has 0 saturated heterocycles. The first-order chi connectivity index (χ1) is 16.5. The van der Waals surface area contributed by atoms with E-state index in [1.54, 1.807) is 38.1 Å². The SMILES string of the molecule is CCC(=O)NNC(=O)C(CC(N)=O)NC(=O)NC(C(=O)OCc1ccccc1)C(C)OCC(C)C. The number of hydrogen-bond donors (Lipinski definition) is 5. The highest BCUT2D eigenvalue weighted by atomic mass is 16.5. The summed E-state index contributed by atoms with van der Waals surface area (Å²) in [6.07, 6.45) is -1.20. The van der Waals surface area contributed by atoms with E-state index in [-0.39, 0.29) is 18.9 Å². The molecule has 0 saturated carbocycles. The predicted molar refractivity (Wildman–Crippen MR) is 126 cm³/mol. The summed E-state index contributed by atoms with van der Waals surface area (Å²) >= 11 is 0. The Labute approximate surface area is 204 Å². The molecule has 1 rings (SSSR count). The van der Waals surface area contributed by atoms with Gasteiger partial charge in [0.15, 0.2) is 6.04 Å². The summed E-state index contributed by atoms with van der Waals surface area (Å²) in [6.45, 7) is 7.36. The molecule has 12 heteroatoms. The molecule has 0 fully saturated rings. The smallest absolute Gasteiger partial charge is 0.331 e. The topological polar surface area (TPSA) is 178 Å². The van der Waals surface area contributed by atoms with Gasteiger partial charge in [0.25, 0.3) is 5.91 Å². The van der Waals surface area contributed by atoms with Crippen LogP contribution < -0.4 is 27.2 Å². The number of hydrogen-bond acceptors (Lipinski definition) is 7. The minimum Gasteiger partial charge on any atom is -0.459 e. The molecule has 0 heterocycles. The van der Waals surface area contributed by atoms with Crippen LogP contribution >= 0.6 is 0 Å². The summed E-state index contributed by atoms with van der Waals surface area (Å²) in [7, 11) is 0. The maximum Gasteiger partial charge on any atom is 0.331 e. The molecule has 0 spiro atoms. The van der Waals surface area contributed by atoms with Crippen LogP contribution in [0.1, 0.15) is 46.1 Å². The summed E-state index contributed by atoms with van der Waals surface area (Å²) in [5.74, 6) is -2.77. The second-order valence-electron chi connectivity index (χ2n) is 8.24. The number of rotatable bonds is 13. The van der Waals surface area contributed by atoms with E-state index < -0.39 is 54.3 Å². The minimum atomic E-state index is -1.41. The van der Waals surface area contributed by atoms with Crippen molar-refractivity contribution in [2.45, 2.75) is 65.3 Å². The molecule has 0 bridgehead atoms. The number of amides is 5. The molecular weight excluding hydrogens is 458 g/mol. The zero-order valence-corrected chi connectivity index (χ0v) is 20.5. The van der Waals surface area contributed by atoms with Gasteiger partial charge >= 0.3 is 12.0 Å². The van der Waals surface area contributed by atoms with Crippen molar-refractivity contribution in [3.63, 3.8) is 0 Å². The molecular formula is C23H35N5O7. The normalized spacial score (nSPS) is 13.2. The van der Waals surface area contributed by atoms with E-state index in [0.717, 1.165) is 5.56 Å². The van der Waals surface area contributed by atoms with Crippen LogP contribution in [0.15, 0.2) is 30.3 Å². The standard InChI is InChI=1S/C23H35N5O7/c1-5-19(30)27-28-21(31)17(11-18(24)29)25-23(33)26-20(15(4)34-12-14(2)3)22(32)35-13-16-9-7-6-8-10-16/h6-10,14-15,17,20H,5,11-13H2,1-4H3,(H2,24,29)(H,27,30)(H,28,31)(H2,25,26,33). The molecule has 5 amide bonds. The lowest BCUT2D eigenvalue weighted by molar-refractivity contribution is -0.151. The maximum atomic E-state index is 12.8. The Morgan fingerprint density at radius 2 is 1.63 bits per heavy atom. The lowest BCUT2D eigenvalue weighted by Crippen LogP contribution is -2.58. The number of esters is 1. The lowest BCUT2D eigenvalue weighted by Gasteiger charge is -2.26. The van der Waals surface area contributed by atoms with Crippen molar-refractivity contribution >= 4 is 29.7 Å². The van der Waals surface area contributed by atoms with Gasteiger partial charge in [-0.05, 0) is 18.4 Å². The fraction of sp³-hybridized carbons (Fsp3) is 0.522. The van der Waals surface area contributed by atoms with Crippen LogP contribution in [0.4, 0.5) is 4.79 Å². The predicted octanol–water partition coefficient (Wildman–Crippen LogP) is 0.260. The molecule has 0 aliphatic rings. The number of benzene rings is 1. The molecule has 35 heavy (non-hydrogen) atoms. The van der Waals surface area contributed by atoms with E-state index in [2.05, 4.69) is 21.5 Å². The summed E-state index contributed by atoms with van der Waals surface area (Å²) in [6, 6.07) is 5.44. The minimum absolute atomic E-state index is 0.0137. The fourth-order valence-corrected chi connectivity index (χ4v) is 2.69. The zero-order valence-electron chi connectivity index (χ0n) is 20.5. The van der Waals surface area contributed by atoms with Crippen LogP contribution in [0.2, 0.25) is 0 Å². The summed E-state index contributed by atoms with van der Waals surface area (Å²) in [4.78, 5) is 60.5. The summed E-state index contributed by atoms with van der Waals surface area (Å²) < 4.78 is 11.0. The van der Waals surface area contributed by atoms with Crippen LogP contribution in [-0.4, -0.2) is 54.5 Å². The van der Waals surface area contributed by atoms with E-state index in [1.165, 1.54) is 0 Å². The molecule has 0 aliphatic heterocycles. The van der Waals surface area contributed by atoms with E-state index in [0.29, 0.717) is 6.61 Å². The molecule has 1 aromatic carbocycles. The molecule has 3 atom stereocenters. The van der Waals surface area contributed by atoms with E-state index in [4.69, 9.17) is 15.2 Å². The van der Waals surface area contributed by atoms with Crippen LogP contribution in [-0.2, 0) is 35.3 Å². The lowest BCUT2D eigenvalue weighted by atomic mass is 10.1. The molecule has 0 radical (unpaired) electrons. The highest BCUT2D eigenvalue weighted by Gasteiger charge is 2.31. The van der Waals surface area contributed by atoms with Crippen molar-refractivity contribution in [1.82, 2.24) is 21.5 Å². The molecule has 0 aromatic heterocycles. The van der Waals surface area contributed by atoms with Crippen LogP contribution in [0, 0.1) is 5.92 Å². The Morgan fingerprint density at radius 3 is 2.20 bits per heavy atom. The zero-order chi connectivity index (χ0) is 26.4. The quantitative estimate of drug-likeness (QED) is 0.193. The van der Waals surface area contributed by atoms with Gasteiger partial charge < -0.3 is 25.8 Å².